The van der Waals surface area contributed by atoms with Crippen molar-refractivity contribution in [3.63, 3.8) is 0 Å². The molecule has 0 saturated heterocycles. The van der Waals surface area contributed by atoms with Gasteiger partial charge >= 0.3 is 0 Å². The van der Waals surface area contributed by atoms with Gasteiger partial charge in [-0.3, -0.25) is 4.98 Å². The Kier molecular flexibility index (Phi) is 5.77. The van der Waals surface area contributed by atoms with Gasteiger partial charge in [0.15, 0.2) is 0 Å². The third-order valence-corrected chi connectivity index (χ3v) is 4.17. The smallest absolute Gasteiger partial charge is 0.132 e. The number of nitrogens with one attached hydrogen (secondary N) is 2. The summed E-state index contributed by atoms with van der Waals surface area (Å²) in [5, 5.41) is 6.77. The van der Waals surface area contributed by atoms with Gasteiger partial charge in [-0.15, -0.1) is 0 Å². The minimum atomic E-state index is 0.705. The second-order valence-corrected chi connectivity index (χ2v) is 6.19. The van der Waals surface area contributed by atoms with E-state index in [1.807, 2.05) is 31.3 Å². The maximum atomic E-state index is 4.48. The fourth-order valence-corrected chi connectivity index (χ4v) is 2.93. The zero-order valence-electron chi connectivity index (χ0n) is 14.3. The summed E-state index contributed by atoms with van der Waals surface area (Å²) >= 11 is 0. The van der Waals surface area contributed by atoms with E-state index >= 15 is 0 Å². The molecular weight excluding hydrogens is 298 g/mol. The van der Waals surface area contributed by atoms with Crippen molar-refractivity contribution in [1.29, 1.82) is 0 Å². The summed E-state index contributed by atoms with van der Waals surface area (Å²) in [5.41, 5.74) is 2.71. The first-order valence-corrected chi connectivity index (χ1v) is 8.70. The minimum Gasteiger partial charge on any atom is -0.370 e. The molecule has 1 aliphatic rings. The van der Waals surface area contributed by atoms with Gasteiger partial charge in [0.2, 0.25) is 0 Å². The molecule has 1 aliphatic carbocycles. The lowest BCUT2D eigenvalue weighted by atomic mass is 9.97. The largest absolute Gasteiger partial charge is 0.370 e. The average Bonchev–Trinajstić information content (AvgIpc) is 2.61. The summed E-state index contributed by atoms with van der Waals surface area (Å²) in [5.74, 6) is 2.49. The van der Waals surface area contributed by atoms with Crippen molar-refractivity contribution in [2.24, 2.45) is 0 Å². The molecule has 2 N–H and O–H groups in total. The standard InChI is InChI=1S/C19H25N5/c1-15-23-18(21-11-9-16-6-3-2-4-7-16)12-19(24-15)22-14-17-8-5-10-20-13-17/h5-6,8,10,12-13H,2-4,7,9,11,14H2,1H3,(H2,21,22,23,24). The average molecular weight is 323 g/mol. The Morgan fingerprint density at radius 2 is 2.00 bits per heavy atom. The molecule has 0 spiro atoms. The van der Waals surface area contributed by atoms with Crippen molar-refractivity contribution in [2.75, 3.05) is 17.2 Å². The van der Waals surface area contributed by atoms with Crippen LogP contribution in [0.2, 0.25) is 0 Å². The summed E-state index contributed by atoms with van der Waals surface area (Å²) in [6, 6.07) is 5.96. The van der Waals surface area contributed by atoms with Crippen molar-refractivity contribution in [2.45, 2.75) is 45.6 Å². The van der Waals surface area contributed by atoms with Crippen LogP contribution in [-0.2, 0) is 6.54 Å². The highest BCUT2D eigenvalue weighted by atomic mass is 15.1. The van der Waals surface area contributed by atoms with E-state index in [0.29, 0.717) is 6.54 Å². The molecule has 0 amide bonds. The van der Waals surface area contributed by atoms with Crippen LogP contribution in [0.4, 0.5) is 11.6 Å². The van der Waals surface area contributed by atoms with E-state index in [2.05, 4.69) is 31.7 Å². The molecule has 126 valence electrons. The first kappa shape index (κ1) is 16.4. The lowest BCUT2D eigenvalue weighted by Gasteiger charge is -2.14. The molecule has 2 aromatic rings. The van der Waals surface area contributed by atoms with Crippen LogP contribution in [0.25, 0.3) is 0 Å². The summed E-state index contributed by atoms with van der Waals surface area (Å²) in [7, 11) is 0. The highest BCUT2D eigenvalue weighted by Crippen LogP contribution is 2.20. The molecule has 0 saturated carbocycles. The number of aryl methyl sites for hydroxylation is 1. The Labute approximate surface area is 143 Å². The Morgan fingerprint density at radius 3 is 2.75 bits per heavy atom. The normalized spacial score (nSPS) is 14.1. The quantitative estimate of drug-likeness (QED) is 0.751. The van der Waals surface area contributed by atoms with Gasteiger partial charge in [0.25, 0.3) is 0 Å². The topological polar surface area (TPSA) is 62.7 Å². The minimum absolute atomic E-state index is 0.705. The maximum Gasteiger partial charge on any atom is 0.132 e. The number of hydrogen-bond acceptors (Lipinski definition) is 5. The van der Waals surface area contributed by atoms with Crippen LogP contribution in [0, 0.1) is 6.92 Å². The molecule has 0 bridgehead atoms. The van der Waals surface area contributed by atoms with Crippen LogP contribution >= 0.6 is 0 Å². The number of nitrogens with zero attached hydrogens (tertiary/aromatic N) is 3. The number of hydrogen-bond donors (Lipinski definition) is 2. The Hall–Kier alpha value is -2.43. The van der Waals surface area contributed by atoms with Gasteiger partial charge in [-0.1, -0.05) is 17.7 Å². The van der Waals surface area contributed by atoms with Crippen LogP contribution in [-0.4, -0.2) is 21.5 Å². The van der Waals surface area contributed by atoms with Gasteiger partial charge < -0.3 is 10.6 Å². The van der Waals surface area contributed by atoms with Crippen molar-refractivity contribution in [1.82, 2.24) is 15.0 Å². The van der Waals surface area contributed by atoms with Gasteiger partial charge in [0.1, 0.15) is 17.5 Å². The van der Waals surface area contributed by atoms with Gasteiger partial charge in [0, 0.05) is 31.5 Å². The number of rotatable bonds is 7. The fourth-order valence-electron chi connectivity index (χ4n) is 2.93. The molecule has 2 heterocycles. The van der Waals surface area contributed by atoms with E-state index in [4.69, 9.17) is 0 Å². The van der Waals surface area contributed by atoms with Crippen LogP contribution in [0.15, 0.2) is 42.2 Å². The molecule has 24 heavy (non-hydrogen) atoms. The molecule has 0 unspecified atom stereocenters. The molecule has 0 atom stereocenters. The van der Waals surface area contributed by atoms with Gasteiger partial charge in [-0.05, 0) is 50.7 Å². The second kappa shape index (κ2) is 8.43. The summed E-state index contributed by atoms with van der Waals surface area (Å²) in [6.07, 6.45) is 12.3. The molecule has 0 fully saturated rings. The Bertz CT molecular complexity index is 681. The predicted molar refractivity (Wildman–Crippen MR) is 98.0 cm³/mol. The maximum absolute atomic E-state index is 4.48. The second-order valence-electron chi connectivity index (χ2n) is 6.19. The van der Waals surface area contributed by atoms with Gasteiger partial charge in [0.05, 0.1) is 0 Å². The zero-order valence-corrected chi connectivity index (χ0v) is 14.3. The van der Waals surface area contributed by atoms with Crippen molar-refractivity contribution >= 4 is 11.6 Å². The zero-order chi connectivity index (χ0) is 16.6. The molecule has 5 nitrogen and oxygen atoms in total. The number of aromatic nitrogens is 3. The van der Waals surface area contributed by atoms with E-state index in [0.717, 1.165) is 36.0 Å². The molecule has 0 aromatic carbocycles. The molecule has 0 aliphatic heterocycles. The third-order valence-electron chi connectivity index (χ3n) is 4.17. The van der Waals surface area contributed by atoms with Crippen molar-refractivity contribution < 1.29 is 0 Å². The van der Waals surface area contributed by atoms with Gasteiger partial charge in [-0.2, -0.15) is 0 Å². The third kappa shape index (κ3) is 5.05. The Morgan fingerprint density at radius 1 is 1.12 bits per heavy atom. The summed E-state index contributed by atoms with van der Waals surface area (Å²) < 4.78 is 0. The fraction of sp³-hybridized carbons (Fsp3) is 0.421. The van der Waals surface area contributed by atoms with Gasteiger partial charge in [-0.25, -0.2) is 9.97 Å². The first-order chi connectivity index (χ1) is 11.8. The molecule has 5 heteroatoms. The van der Waals surface area contributed by atoms with E-state index in [-0.39, 0.29) is 0 Å². The molecule has 2 aromatic heterocycles. The SMILES string of the molecule is Cc1nc(NCCC2=CCCCC2)cc(NCc2cccnc2)n1. The van der Waals surface area contributed by atoms with Crippen molar-refractivity contribution in [3.8, 4) is 0 Å². The number of anilines is 2. The monoisotopic (exact) mass is 323 g/mol. The lowest BCUT2D eigenvalue weighted by molar-refractivity contribution is 0.679. The lowest BCUT2D eigenvalue weighted by Crippen LogP contribution is -2.09. The number of allylic oxidation sites excluding steroid dienone is 1. The Balaban J connectivity index is 1.54. The van der Waals surface area contributed by atoms with E-state index < -0.39 is 0 Å². The highest BCUT2D eigenvalue weighted by Gasteiger charge is 2.05. The summed E-state index contributed by atoms with van der Waals surface area (Å²) in [4.78, 5) is 13.1. The van der Waals surface area contributed by atoms with E-state index in [1.165, 1.54) is 25.7 Å². The van der Waals surface area contributed by atoms with Crippen LogP contribution in [0.1, 0.15) is 43.5 Å². The molecule has 3 rings (SSSR count). The van der Waals surface area contributed by atoms with Crippen LogP contribution in [0.3, 0.4) is 0 Å². The first-order valence-electron chi connectivity index (χ1n) is 8.70. The summed E-state index contributed by atoms with van der Waals surface area (Å²) in [6.45, 7) is 3.55. The van der Waals surface area contributed by atoms with Crippen LogP contribution < -0.4 is 10.6 Å². The van der Waals surface area contributed by atoms with Crippen LogP contribution in [0.5, 0.6) is 0 Å². The molecule has 0 radical (unpaired) electrons. The van der Waals surface area contributed by atoms with E-state index in [1.54, 1.807) is 11.8 Å². The van der Waals surface area contributed by atoms with Crippen molar-refractivity contribution in [3.05, 3.63) is 53.6 Å². The van der Waals surface area contributed by atoms with E-state index in [9.17, 15) is 0 Å². The molecular formula is C19H25N5. The highest BCUT2D eigenvalue weighted by molar-refractivity contribution is 5.47. The predicted octanol–water partition coefficient (Wildman–Crippen LogP) is 4.09. The number of pyridine rings is 1.